The van der Waals surface area contributed by atoms with Gasteiger partial charge < -0.3 is 0 Å². The van der Waals surface area contributed by atoms with Gasteiger partial charge in [0.25, 0.3) is 0 Å². The summed E-state index contributed by atoms with van der Waals surface area (Å²) in [6, 6.07) is 0. The van der Waals surface area contributed by atoms with E-state index in [9.17, 15) is 0 Å². The molecule has 0 heteroatoms. The van der Waals surface area contributed by atoms with Crippen molar-refractivity contribution >= 4 is 0 Å². The number of hydrogen-bond acceptors (Lipinski definition) is 0. The first-order valence-electron chi connectivity index (χ1n) is 10.9. The third-order valence-electron chi connectivity index (χ3n) is 5.69. The van der Waals surface area contributed by atoms with E-state index in [0.29, 0.717) is 0 Å². The molecule has 0 nitrogen and oxygen atoms in total. The van der Waals surface area contributed by atoms with Crippen LogP contribution in [0.5, 0.6) is 0 Å². The fourth-order valence-corrected chi connectivity index (χ4v) is 4.10. The molecule has 0 bridgehead atoms. The Bertz CT molecular complexity index is 194. The van der Waals surface area contributed by atoms with Gasteiger partial charge in [-0.1, -0.05) is 135 Å². The van der Waals surface area contributed by atoms with E-state index in [1.54, 1.807) is 0 Å². The molecule has 1 saturated carbocycles. The number of hydrogen-bond donors (Lipinski definition) is 0. The van der Waals surface area contributed by atoms with Gasteiger partial charge in [0.05, 0.1) is 0 Å². The maximum Gasteiger partial charge on any atom is -0.0414 e. The maximum absolute atomic E-state index is 2.31. The number of rotatable bonds is 8. The molecule has 0 spiro atoms. The molecular formula is C22H44. The lowest BCUT2D eigenvalue weighted by molar-refractivity contribution is 0.368. The van der Waals surface area contributed by atoms with Crippen molar-refractivity contribution in [1.29, 1.82) is 0 Å². The van der Waals surface area contributed by atoms with Crippen molar-refractivity contribution in [1.82, 2.24) is 0 Å². The van der Waals surface area contributed by atoms with Gasteiger partial charge in [-0.3, -0.25) is 0 Å². The van der Waals surface area contributed by atoms with Crippen LogP contribution in [-0.4, -0.2) is 0 Å². The molecule has 1 rings (SSSR count). The minimum Gasteiger partial charge on any atom is -0.0654 e. The molecule has 0 radical (unpaired) electrons. The molecule has 0 heterocycles. The summed E-state index contributed by atoms with van der Waals surface area (Å²) in [5, 5.41) is 0. The first kappa shape index (κ1) is 20.0. The van der Waals surface area contributed by atoms with Crippen molar-refractivity contribution in [2.24, 2.45) is 5.92 Å². The van der Waals surface area contributed by atoms with Gasteiger partial charge in [-0.05, 0) is 5.92 Å². The van der Waals surface area contributed by atoms with Crippen molar-refractivity contribution in [2.45, 2.75) is 135 Å². The maximum atomic E-state index is 2.31. The second kappa shape index (κ2) is 15.9. The fraction of sp³-hybridized carbons (Fsp3) is 1.00. The second-order valence-electron chi connectivity index (χ2n) is 7.89. The van der Waals surface area contributed by atoms with Crippen LogP contribution in [0, 0.1) is 5.92 Å². The van der Waals surface area contributed by atoms with E-state index in [-0.39, 0.29) is 0 Å². The molecule has 1 fully saturated rings. The zero-order valence-electron chi connectivity index (χ0n) is 15.7. The highest BCUT2D eigenvalue weighted by atomic mass is 14.1. The summed E-state index contributed by atoms with van der Waals surface area (Å²) in [4.78, 5) is 0. The Kier molecular flexibility index (Phi) is 14.5. The van der Waals surface area contributed by atoms with Crippen LogP contribution in [-0.2, 0) is 0 Å². The lowest BCUT2D eigenvalue weighted by atomic mass is 9.90. The van der Waals surface area contributed by atoms with Crippen LogP contribution in [0.3, 0.4) is 0 Å². The van der Waals surface area contributed by atoms with E-state index in [0.717, 1.165) is 5.92 Å². The molecule has 0 amide bonds. The average Bonchev–Trinajstić information content (AvgIpc) is 2.56. The van der Waals surface area contributed by atoms with Gasteiger partial charge in [0, 0.05) is 0 Å². The highest BCUT2D eigenvalue weighted by Gasteiger charge is 2.09. The molecule has 0 aliphatic heterocycles. The lowest BCUT2D eigenvalue weighted by Gasteiger charge is -2.16. The van der Waals surface area contributed by atoms with Crippen LogP contribution in [0.2, 0.25) is 0 Å². The Balaban J connectivity index is 2.08. The van der Waals surface area contributed by atoms with Crippen molar-refractivity contribution in [2.75, 3.05) is 0 Å². The molecule has 1 aliphatic carbocycles. The first-order valence-corrected chi connectivity index (χ1v) is 10.9. The van der Waals surface area contributed by atoms with Gasteiger partial charge >= 0.3 is 0 Å². The summed E-state index contributed by atoms with van der Waals surface area (Å²) in [7, 11) is 0. The van der Waals surface area contributed by atoms with Crippen molar-refractivity contribution in [3.05, 3.63) is 0 Å². The van der Waals surface area contributed by atoms with E-state index in [2.05, 4.69) is 6.92 Å². The van der Waals surface area contributed by atoms with Crippen molar-refractivity contribution in [3.63, 3.8) is 0 Å². The molecule has 22 heavy (non-hydrogen) atoms. The Morgan fingerprint density at radius 1 is 0.500 bits per heavy atom. The van der Waals surface area contributed by atoms with Crippen LogP contribution < -0.4 is 0 Å². The Morgan fingerprint density at radius 2 is 0.909 bits per heavy atom. The topological polar surface area (TPSA) is 0 Å². The van der Waals surface area contributed by atoms with E-state index in [1.807, 2.05) is 0 Å². The summed E-state index contributed by atoms with van der Waals surface area (Å²) < 4.78 is 0. The molecule has 0 N–H and O–H groups in total. The first-order chi connectivity index (χ1) is 10.9. The SMILES string of the molecule is CCCCCCCCCC1CCCCCCCCCCCC1. The van der Waals surface area contributed by atoms with Gasteiger partial charge in [0.2, 0.25) is 0 Å². The van der Waals surface area contributed by atoms with Crippen molar-refractivity contribution in [3.8, 4) is 0 Å². The Morgan fingerprint density at radius 3 is 1.41 bits per heavy atom. The van der Waals surface area contributed by atoms with E-state index in [4.69, 9.17) is 0 Å². The summed E-state index contributed by atoms with van der Waals surface area (Å²) in [6.07, 6.45) is 30.0. The lowest BCUT2D eigenvalue weighted by Crippen LogP contribution is -2.01. The molecule has 132 valence electrons. The molecule has 0 aromatic carbocycles. The van der Waals surface area contributed by atoms with E-state index >= 15 is 0 Å². The summed E-state index contributed by atoms with van der Waals surface area (Å²) in [5.74, 6) is 1.07. The highest BCUT2D eigenvalue weighted by Crippen LogP contribution is 2.25. The monoisotopic (exact) mass is 308 g/mol. The standard InChI is InChI=1S/C22H44/c1-2-3-4-5-10-13-16-19-22-20-17-14-11-8-6-7-9-12-15-18-21-22/h22H,2-21H2,1H3. The molecule has 1 aliphatic rings. The van der Waals surface area contributed by atoms with Gasteiger partial charge in [0.1, 0.15) is 0 Å². The zero-order chi connectivity index (χ0) is 15.7. The summed E-state index contributed by atoms with van der Waals surface area (Å²) in [5.41, 5.74) is 0. The second-order valence-corrected chi connectivity index (χ2v) is 7.89. The van der Waals surface area contributed by atoms with Crippen LogP contribution in [0.4, 0.5) is 0 Å². The third kappa shape index (κ3) is 12.5. The van der Waals surface area contributed by atoms with E-state index in [1.165, 1.54) is 128 Å². The molecule has 0 unspecified atom stereocenters. The molecule has 0 aromatic rings. The quantitative estimate of drug-likeness (QED) is 0.394. The highest BCUT2D eigenvalue weighted by molar-refractivity contribution is 4.62. The number of unbranched alkanes of at least 4 members (excludes halogenated alkanes) is 6. The fourth-order valence-electron chi connectivity index (χ4n) is 4.10. The zero-order valence-corrected chi connectivity index (χ0v) is 15.7. The van der Waals surface area contributed by atoms with Crippen LogP contribution >= 0.6 is 0 Å². The smallest absolute Gasteiger partial charge is 0.0414 e. The summed E-state index contributed by atoms with van der Waals surface area (Å²) >= 11 is 0. The van der Waals surface area contributed by atoms with Crippen LogP contribution in [0.15, 0.2) is 0 Å². The minimum absolute atomic E-state index is 1.07. The molecule has 0 atom stereocenters. The average molecular weight is 309 g/mol. The Labute approximate surface area is 141 Å². The van der Waals surface area contributed by atoms with Gasteiger partial charge in [-0.2, -0.15) is 0 Å². The third-order valence-corrected chi connectivity index (χ3v) is 5.69. The normalized spacial score (nSPS) is 20.0. The minimum atomic E-state index is 1.07. The van der Waals surface area contributed by atoms with Gasteiger partial charge in [-0.25, -0.2) is 0 Å². The molecule has 0 saturated heterocycles. The predicted octanol–water partition coefficient (Wildman–Crippen LogP) is 8.44. The Hall–Kier alpha value is 0. The van der Waals surface area contributed by atoms with Crippen molar-refractivity contribution < 1.29 is 0 Å². The largest absolute Gasteiger partial charge is 0.0654 e. The van der Waals surface area contributed by atoms with Crippen LogP contribution in [0.1, 0.15) is 135 Å². The predicted molar refractivity (Wildman–Crippen MR) is 102 cm³/mol. The van der Waals surface area contributed by atoms with Gasteiger partial charge in [0.15, 0.2) is 0 Å². The van der Waals surface area contributed by atoms with Gasteiger partial charge in [-0.15, -0.1) is 0 Å². The van der Waals surface area contributed by atoms with Crippen LogP contribution in [0.25, 0.3) is 0 Å². The summed E-state index contributed by atoms with van der Waals surface area (Å²) in [6.45, 7) is 2.31. The molecule has 0 aromatic heterocycles. The van der Waals surface area contributed by atoms with E-state index < -0.39 is 0 Å². The molecular weight excluding hydrogens is 264 g/mol.